The van der Waals surface area contributed by atoms with Crippen molar-refractivity contribution in [2.75, 3.05) is 11.4 Å². The Labute approximate surface area is 126 Å². The lowest BCUT2D eigenvalue weighted by atomic mass is 10.00. The summed E-state index contributed by atoms with van der Waals surface area (Å²) in [5.41, 5.74) is 1.68. The van der Waals surface area contributed by atoms with Gasteiger partial charge in [0.15, 0.2) is 0 Å². The molecule has 5 heteroatoms. The molecule has 1 amide bonds. The van der Waals surface area contributed by atoms with E-state index in [1.807, 2.05) is 6.07 Å². The Morgan fingerprint density at radius 2 is 2.10 bits per heavy atom. The van der Waals surface area contributed by atoms with E-state index in [-0.39, 0.29) is 22.2 Å². The van der Waals surface area contributed by atoms with E-state index >= 15 is 0 Å². The smallest absolute Gasteiger partial charge is 0.259 e. The standard InChI is InChI=1S/C16H13ClFNO2/c17-13-9-11(18)6-7-12(13)16(21)19-8-2-4-10-3-1-5-14(20)15(10)19/h1,3,5-7,9,20H,2,4,8H2. The van der Waals surface area contributed by atoms with Gasteiger partial charge in [-0.3, -0.25) is 4.79 Å². The summed E-state index contributed by atoms with van der Waals surface area (Å²) >= 11 is 5.96. The number of rotatable bonds is 1. The van der Waals surface area contributed by atoms with Crippen molar-refractivity contribution in [1.29, 1.82) is 0 Å². The number of aryl methyl sites for hydroxylation is 1. The number of amides is 1. The number of phenols is 1. The molecule has 0 saturated carbocycles. The highest BCUT2D eigenvalue weighted by Crippen LogP contribution is 2.36. The number of aromatic hydroxyl groups is 1. The Morgan fingerprint density at radius 1 is 1.29 bits per heavy atom. The molecule has 3 nitrogen and oxygen atoms in total. The summed E-state index contributed by atoms with van der Waals surface area (Å²) in [4.78, 5) is 14.2. The maximum atomic E-state index is 13.1. The molecule has 0 bridgehead atoms. The number of hydrogen-bond acceptors (Lipinski definition) is 2. The van der Waals surface area contributed by atoms with Gasteiger partial charge in [-0.05, 0) is 42.7 Å². The molecule has 108 valence electrons. The molecule has 0 atom stereocenters. The van der Waals surface area contributed by atoms with Gasteiger partial charge in [0.2, 0.25) is 0 Å². The molecule has 1 N–H and O–H groups in total. The Kier molecular flexibility index (Phi) is 3.55. The van der Waals surface area contributed by atoms with Crippen molar-refractivity contribution >= 4 is 23.2 Å². The highest BCUT2D eigenvalue weighted by molar-refractivity contribution is 6.34. The number of para-hydroxylation sites is 1. The van der Waals surface area contributed by atoms with Crippen molar-refractivity contribution in [3.63, 3.8) is 0 Å². The molecule has 0 saturated heterocycles. The summed E-state index contributed by atoms with van der Waals surface area (Å²) in [5.74, 6) is -0.750. The molecule has 1 aliphatic rings. The minimum atomic E-state index is -0.488. The van der Waals surface area contributed by atoms with E-state index in [4.69, 9.17) is 11.6 Å². The van der Waals surface area contributed by atoms with Crippen LogP contribution < -0.4 is 4.90 Å². The molecular formula is C16H13ClFNO2. The van der Waals surface area contributed by atoms with Crippen molar-refractivity contribution in [3.8, 4) is 5.75 Å². The fraction of sp³-hybridized carbons (Fsp3) is 0.188. The quantitative estimate of drug-likeness (QED) is 0.871. The van der Waals surface area contributed by atoms with Crippen LogP contribution in [-0.4, -0.2) is 17.6 Å². The predicted octanol–water partition coefficient (Wildman–Crippen LogP) is 3.78. The summed E-state index contributed by atoms with van der Waals surface area (Å²) in [7, 11) is 0. The minimum absolute atomic E-state index is 0.0683. The van der Waals surface area contributed by atoms with Crippen LogP contribution in [0.1, 0.15) is 22.3 Å². The number of halogens is 2. The monoisotopic (exact) mass is 305 g/mol. The number of phenolic OH excluding ortho intramolecular Hbond substituents is 1. The van der Waals surface area contributed by atoms with Crippen molar-refractivity contribution in [2.45, 2.75) is 12.8 Å². The number of anilines is 1. The largest absolute Gasteiger partial charge is 0.506 e. The van der Waals surface area contributed by atoms with Gasteiger partial charge in [0.05, 0.1) is 16.3 Å². The van der Waals surface area contributed by atoms with E-state index in [0.717, 1.165) is 24.5 Å². The second-order valence-electron chi connectivity index (χ2n) is 4.97. The van der Waals surface area contributed by atoms with Crippen LogP contribution in [0.4, 0.5) is 10.1 Å². The molecule has 1 heterocycles. The first-order chi connectivity index (χ1) is 10.1. The van der Waals surface area contributed by atoms with Crippen molar-refractivity contribution in [2.24, 2.45) is 0 Å². The van der Waals surface area contributed by atoms with Gasteiger partial charge in [0.1, 0.15) is 11.6 Å². The van der Waals surface area contributed by atoms with Gasteiger partial charge in [-0.1, -0.05) is 23.7 Å². The molecule has 0 aliphatic carbocycles. The van der Waals surface area contributed by atoms with Crippen LogP contribution in [0.3, 0.4) is 0 Å². The summed E-state index contributed by atoms with van der Waals surface area (Å²) in [5, 5.41) is 10.1. The first kappa shape index (κ1) is 13.9. The number of benzene rings is 2. The molecule has 2 aromatic rings. The summed E-state index contributed by atoms with van der Waals surface area (Å²) in [6, 6.07) is 8.89. The molecular weight excluding hydrogens is 293 g/mol. The van der Waals surface area contributed by atoms with Crippen LogP contribution in [0.5, 0.6) is 5.75 Å². The number of hydrogen-bond donors (Lipinski definition) is 1. The SMILES string of the molecule is O=C(c1ccc(F)cc1Cl)N1CCCc2cccc(O)c21. The Morgan fingerprint density at radius 3 is 2.86 bits per heavy atom. The fourth-order valence-electron chi connectivity index (χ4n) is 2.64. The first-order valence-corrected chi connectivity index (χ1v) is 7.03. The zero-order valence-electron chi connectivity index (χ0n) is 11.1. The Balaban J connectivity index is 2.04. The third-order valence-corrected chi connectivity index (χ3v) is 3.92. The average molecular weight is 306 g/mol. The lowest BCUT2D eigenvalue weighted by Crippen LogP contribution is -2.35. The third kappa shape index (κ3) is 2.47. The Hall–Kier alpha value is -2.07. The van der Waals surface area contributed by atoms with Crippen molar-refractivity contribution in [1.82, 2.24) is 0 Å². The number of nitrogens with zero attached hydrogens (tertiary/aromatic N) is 1. The van der Waals surface area contributed by atoms with Crippen molar-refractivity contribution in [3.05, 3.63) is 58.4 Å². The summed E-state index contributed by atoms with van der Waals surface area (Å²) in [6.07, 6.45) is 1.62. The second-order valence-corrected chi connectivity index (χ2v) is 5.38. The van der Waals surface area contributed by atoms with Gasteiger partial charge >= 0.3 is 0 Å². The van der Waals surface area contributed by atoms with Gasteiger partial charge in [-0.15, -0.1) is 0 Å². The second kappa shape index (κ2) is 5.37. The molecule has 0 spiro atoms. The van der Waals surface area contributed by atoms with Crippen LogP contribution in [0.15, 0.2) is 36.4 Å². The highest BCUT2D eigenvalue weighted by atomic mass is 35.5. The zero-order chi connectivity index (χ0) is 15.0. The zero-order valence-corrected chi connectivity index (χ0v) is 11.9. The van der Waals surface area contributed by atoms with Crippen LogP contribution in [0, 0.1) is 5.82 Å². The van der Waals surface area contributed by atoms with Gasteiger partial charge in [0.25, 0.3) is 5.91 Å². The van der Waals surface area contributed by atoms with Crippen LogP contribution in [0.25, 0.3) is 0 Å². The molecule has 1 aliphatic heterocycles. The molecule has 0 unspecified atom stereocenters. The van der Waals surface area contributed by atoms with E-state index < -0.39 is 5.82 Å². The van der Waals surface area contributed by atoms with E-state index in [1.165, 1.54) is 17.0 Å². The van der Waals surface area contributed by atoms with Crippen LogP contribution >= 0.6 is 11.6 Å². The Bertz CT molecular complexity index is 717. The average Bonchev–Trinajstić information content (AvgIpc) is 2.46. The lowest BCUT2D eigenvalue weighted by Gasteiger charge is -2.30. The van der Waals surface area contributed by atoms with Crippen molar-refractivity contribution < 1.29 is 14.3 Å². The molecule has 21 heavy (non-hydrogen) atoms. The molecule has 0 radical (unpaired) electrons. The third-order valence-electron chi connectivity index (χ3n) is 3.60. The number of fused-ring (bicyclic) bond motifs is 1. The van der Waals surface area contributed by atoms with Crippen LogP contribution in [-0.2, 0) is 6.42 Å². The fourth-order valence-corrected chi connectivity index (χ4v) is 2.89. The predicted molar refractivity (Wildman–Crippen MR) is 79.5 cm³/mol. The maximum absolute atomic E-state index is 13.1. The first-order valence-electron chi connectivity index (χ1n) is 6.65. The van der Waals surface area contributed by atoms with Gasteiger partial charge in [-0.25, -0.2) is 4.39 Å². The van der Waals surface area contributed by atoms with E-state index in [0.29, 0.717) is 12.2 Å². The number of carbonyl (C=O) groups excluding carboxylic acids is 1. The normalized spacial score (nSPS) is 13.9. The molecule has 0 fully saturated rings. The number of carbonyl (C=O) groups is 1. The minimum Gasteiger partial charge on any atom is -0.506 e. The van der Waals surface area contributed by atoms with E-state index in [1.54, 1.807) is 12.1 Å². The summed E-state index contributed by atoms with van der Waals surface area (Å²) in [6.45, 7) is 0.497. The van der Waals surface area contributed by atoms with E-state index in [2.05, 4.69) is 0 Å². The van der Waals surface area contributed by atoms with E-state index in [9.17, 15) is 14.3 Å². The molecule has 0 aromatic heterocycles. The van der Waals surface area contributed by atoms with Gasteiger partial charge < -0.3 is 10.0 Å². The van der Waals surface area contributed by atoms with Gasteiger partial charge in [-0.2, -0.15) is 0 Å². The summed E-state index contributed by atoms with van der Waals surface area (Å²) < 4.78 is 13.1. The molecule has 3 rings (SSSR count). The maximum Gasteiger partial charge on any atom is 0.259 e. The van der Waals surface area contributed by atoms with Gasteiger partial charge in [0, 0.05) is 6.54 Å². The molecule has 2 aromatic carbocycles. The van der Waals surface area contributed by atoms with Crippen LogP contribution in [0.2, 0.25) is 5.02 Å². The highest BCUT2D eigenvalue weighted by Gasteiger charge is 2.27. The topological polar surface area (TPSA) is 40.5 Å². The lowest BCUT2D eigenvalue weighted by molar-refractivity contribution is 0.0984.